The molecule has 2 rings (SSSR count). The number of aromatic hydroxyl groups is 1. The molecule has 0 atom stereocenters. The summed E-state index contributed by atoms with van der Waals surface area (Å²) in [5.41, 5.74) is 6.61. The van der Waals surface area contributed by atoms with Crippen molar-refractivity contribution in [1.29, 1.82) is 0 Å². The number of nitrogen functional groups attached to an aromatic ring is 1. The number of nitrogens with one attached hydrogen (secondary N) is 1. The summed E-state index contributed by atoms with van der Waals surface area (Å²) in [5.74, 6) is -1.51. The van der Waals surface area contributed by atoms with E-state index in [1.165, 1.54) is 18.2 Å². The average molecular weight is 379 g/mol. The van der Waals surface area contributed by atoms with E-state index < -0.39 is 15.8 Å². The lowest BCUT2D eigenvalue weighted by Crippen LogP contribution is -2.43. The average Bonchev–Trinajstić information content (AvgIpc) is 2.56. The number of benzene rings is 1. The molecule has 0 spiro atoms. The topological polar surface area (TPSA) is 130 Å². The van der Waals surface area contributed by atoms with Gasteiger partial charge in [0.25, 0.3) is 0 Å². The standard InChI is InChI=1S/C17H21N3O5S/c1-3-11-12(4-2)17(18)14(21)10-13(11)19-26(24,25)9-8-20-15(22)6-5-7-16(20)23/h3-4,10,19,21H,1-2,5-9,18H2. The lowest BCUT2D eigenvalue weighted by atomic mass is 10.0. The zero-order chi connectivity index (χ0) is 19.5. The summed E-state index contributed by atoms with van der Waals surface area (Å²) in [7, 11) is -3.90. The number of carbonyl (C=O) groups excluding carboxylic acids is 2. The Morgan fingerprint density at radius 1 is 1.19 bits per heavy atom. The molecule has 2 amide bonds. The number of nitrogens with two attached hydrogens (primary N) is 1. The first kappa shape index (κ1) is 19.5. The number of amides is 2. The Kier molecular flexibility index (Phi) is 5.71. The molecule has 0 unspecified atom stereocenters. The van der Waals surface area contributed by atoms with E-state index in [9.17, 15) is 23.1 Å². The molecule has 0 radical (unpaired) electrons. The maximum atomic E-state index is 12.4. The van der Waals surface area contributed by atoms with Crippen molar-refractivity contribution >= 4 is 45.4 Å². The summed E-state index contributed by atoms with van der Waals surface area (Å²) < 4.78 is 27.1. The zero-order valence-corrected chi connectivity index (χ0v) is 15.0. The molecule has 1 aliphatic heterocycles. The van der Waals surface area contributed by atoms with Crippen LogP contribution in [0.4, 0.5) is 11.4 Å². The number of piperidine rings is 1. The maximum absolute atomic E-state index is 12.4. The van der Waals surface area contributed by atoms with Gasteiger partial charge in [-0.3, -0.25) is 19.2 Å². The normalized spacial score (nSPS) is 15.0. The number of rotatable bonds is 7. The fourth-order valence-electron chi connectivity index (χ4n) is 2.72. The number of nitrogens with zero attached hydrogens (tertiary/aromatic N) is 1. The number of hydrogen-bond acceptors (Lipinski definition) is 6. The van der Waals surface area contributed by atoms with E-state index in [4.69, 9.17) is 5.73 Å². The molecule has 1 aromatic rings. The third-order valence-corrected chi connectivity index (χ3v) is 5.32. The number of phenolic OH excluding ortho intramolecular Hbond substituents is 1. The first-order valence-electron chi connectivity index (χ1n) is 7.94. The highest BCUT2D eigenvalue weighted by Crippen LogP contribution is 2.35. The van der Waals surface area contributed by atoms with Crippen molar-refractivity contribution in [2.24, 2.45) is 0 Å². The van der Waals surface area contributed by atoms with Crippen molar-refractivity contribution < 1.29 is 23.1 Å². The number of sulfonamides is 1. The van der Waals surface area contributed by atoms with Crippen molar-refractivity contribution in [3.8, 4) is 5.75 Å². The van der Waals surface area contributed by atoms with Gasteiger partial charge in [0.05, 0.1) is 17.1 Å². The van der Waals surface area contributed by atoms with E-state index in [0.717, 1.165) is 4.90 Å². The molecule has 0 saturated carbocycles. The zero-order valence-electron chi connectivity index (χ0n) is 14.2. The van der Waals surface area contributed by atoms with Crippen molar-refractivity contribution in [3.63, 3.8) is 0 Å². The number of hydrogen-bond donors (Lipinski definition) is 3. The lowest BCUT2D eigenvalue weighted by Gasteiger charge is -2.24. The van der Waals surface area contributed by atoms with Crippen LogP contribution in [-0.4, -0.2) is 42.5 Å². The van der Waals surface area contributed by atoms with Crippen LogP contribution in [0.3, 0.4) is 0 Å². The van der Waals surface area contributed by atoms with Gasteiger partial charge in [-0.25, -0.2) is 8.42 Å². The van der Waals surface area contributed by atoms with Crippen LogP contribution in [0.5, 0.6) is 5.75 Å². The molecule has 26 heavy (non-hydrogen) atoms. The fraction of sp³-hybridized carbons (Fsp3) is 0.294. The lowest BCUT2D eigenvalue weighted by molar-refractivity contribution is -0.147. The predicted molar refractivity (Wildman–Crippen MR) is 101 cm³/mol. The minimum absolute atomic E-state index is 0.0577. The highest BCUT2D eigenvalue weighted by molar-refractivity contribution is 7.92. The minimum Gasteiger partial charge on any atom is -0.506 e. The van der Waals surface area contributed by atoms with Gasteiger partial charge in [-0.05, 0) is 6.42 Å². The Labute approximate surface area is 152 Å². The van der Waals surface area contributed by atoms with Crippen LogP contribution >= 0.6 is 0 Å². The number of anilines is 2. The summed E-state index contributed by atoms with van der Waals surface area (Å²) in [6.07, 6.45) is 3.72. The van der Waals surface area contributed by atoms with Crippen LogP contribution in [0.25, 0.3) is 12.2 Å². The van der Waals surface area contributed by atoms with E-state index in [0.29, 0.717) is 17.5 Å². The van der Waals surface area contributed by atoms with Crippen LogP contribution in [0, 0.1) is 0 Å². The maximum Gasteiger partial charge on any atom is 0.234 e. The van der Waals surface area contributed by atoms with Crippen LogP contribution in [0.2, 0.25) is 0 Å². The van der Waals surface area contributed by atoms with Gasteiger partial charge in [-0.2, -0.15) is 0 Å². The molecule has 1 heterocycles. The Morgan fingerprint density at radius 2 is 1.77 bits per heavy atom. The first-order chi connectivity index (χ1) is 12.2. The van der Waals surface area contributed by atoms with Crippen LogP contribution in [0.1, 0.15) is 30.4 Å². The van der Waals surface area contributed by atoms with Gasteiger partial charge in [0, 0.05) is 36.6 Å². The molecule has 1 aromatic carbocycles. The number of carbonyl (C=O) groups is 2. The van der Waals surface area contributed by atoms with Gasteiger partial charge in [-0.1, -0.05) is 25.3 Å². The Morgan fingerprint density at radius 3 is 2.31 bits per heavy atom. The highest BCUT2D eigenvalue weighted by atomic mass is 32.2. The van der Waals surface area contributed by atoms with Gasteiger partial charge in [0.1, 0.15) is 5.75 Å². The molecule has 9 heteroatoms. The summed E-state index contributed by atoms with van der Waals surface area (Å²) in [6, 6.07) is 1.17. The SMILES string of the molecule is C=Cc1c(NS(=O)(=O)CCN2C(=O)CCCC2=O)cc(O)c(N)c1C=C. The van der Waals surface area contributed by atoms with Gasteiger partial charge >= 0.3 is 0 Å². The van der Waals surface area contributed by atoms with Gasteiger partial charge in [0.15, 0.2) is 0 Å². The molecule has 0 bridgehead atoms. The van der Waals surface area contributed by atoms with Crippen molar-refractivity contribution in [3.05, 3.63) is 30.4 Å². The second kappa shape index (κ2) is 7.61. The highest BCUT2D eigenvalue weighted by Gasteiger charge is 2.27. The number of imide groups is 1. The van der Waals surface area contributed by atoms with Crippen molar-refractivity contribution in [1.82, 2.24) is 4.90 Å². The predicted octanol–water partition coefficient (Wildman–Crippen LogP) is 1.54. The Hall–Kier alpha value is -2.81. The molecule has 1 saturated heterocycles. The molecule has 0 aromatic heterocycles. The largest absolute Gasteiger partial charge is 0.506 e. The minimum atomic E-state index is -3.90. The van der Waals surface area contributed by atoms with Gasteiger partial charge < -0.3 is 10.8 Å². The number of phenols is 1. The third-order valence-electron chi connectivity index (χ3n) is 4.07. The summed E-state index contributed by atoms with van der Waals surface area (Å²) >= 11 is 0. The van der Waals surface area contributed by atoms with Crippen LogP contribution in [-0.2, 0) is 19.6 Å². The monoisotopic (exact) mass is 379 g/mol. The number of likely N-dealkylation sites (tertiary alicyclic amines) is 1. The second-order valence-electron chi connectivity index (χ2n) is 5.81. The van der Waals surface area contributed by atoms with Gasteiger partial charge in [0.2, 0.25) is 21.8 Å². The summed E-state index contributed by atoms with van der Waals surface area (Å²) in [5, 5.41) is 9.89. The molecule has 1 aliphatic rings. The molecule has 140 valence electrons. The Bertz CT molecular complexity index is 861. The molecule has 1 fully saturated rings. The molecule has 0 aliphatic carbocycles. The quantitative estimate of drug-likeness (QED) is 0.374. The van der Waals surface area contributed by atoms with Crippen molar-refractivity contribution in [2.75, 3.05) is 22.8 Å². The first-order valence-corrected chi connectivity index (χ1v) is 9.59. The summed E-state index contributed by atoms with van der Waals surface area (Å²) in [4.78, 5) is 24.5. The van der Waals surface area contributed by atoms with Crippen LogP contribution in [0.15, 0.2) is 19.2 Å². The van der Waals surface area contributed by atoms with Gasteiger partial charge in [-0.15, -0.1) is 0 Å². The van der Waals surface area contributed by atoms with E-state index in [2.05, 4.69) is 17.9 Å². The van der Waals surface area contributed by atoms with E-state index >= 15 is 0 Å². The molecular formula is C17H21N3O5S. The third kappa shape index (κ3) is 4.05. The van der Waals surface area contributed by atoms with Crippen molar-refractivity contribution in [2.45, 2.75) is 19.3 Å². The second-order valence-corrected chi connectivity index (χ2v) is 7.65. The molecule has 4 N–H and O–H groups in total. The summed E-state index contributed by atoms with van der Waals surface area (Å²) in [6.45, 7) is 6.99. The molecular weight excluding hydrogens is 358 g/mol. The van der Waals surface area contributed by atoms with E-state index in [1.54, 1.807) is 0 Å². The smallest absolute Gasteiger partial charge is 0.234 e. The Balaban J connectivity index is 2.23. The van der Waals surface area contributed by atoms with E-state index in [-0.39, 0.29) is 48.3 Å². The van der Waals surface area contributed by atoms with E-state index in [1.807, 2.05) is 0 Å². The fourth-order valence-corrected chi connectivity index (χ4v) is 3.75. The van der Waals surface area contributed by atoms with Crippen LogP contribution < -0.4 is 10.5 Å². The molecule has 8 nitrogen and oxygen atoms in total.